The third kappa shape index (κ3) is 3.72. The number of benzene rings is 2. The van der Waals surface area contributed by atoms with Gasteiger partial charge in [-0.25, -0.2) is 0 Å². The average Bonchev–Trinajstić information content (AvgIpc) is 2.48. The fraction of sp³-hybridized carbons (Fsp3) is 0.200. The number of anilines is 3. The van der Waals surface area contributed by atoms with Crippen molar-refractivity contribution in [1.82, 2.24) is 0 Å². The van der Waals surface area contributed by atoms with Gasteiger partial charge in [0, 0.05) is 40.7 Å². The predicted octanol–water partition coefficient (Wildman–Crippen LogP) is 4.71. The molecule has 0 bridgehead atoms. The summed E-state index contributed by atoms with van der Waals surface area (Å²) in [5.74, 6) is 0. The molecule has 5 nitrogen and oxygen atoms in total. The number of nitro groups is 1. The molecule has 0 atom stereocenters. The summed E-state index contributed by atoms with van der Waals surface area (Å²) in [4.78, 5) is 10.6. The van der Waals surface area contributed by atoms with Crippen molar-refractivity contribution in [3.8, 4) is 0 Å². The van der Waals surface area contributed by atoms with Gasteiger partial charge in [-0.3, -0.25) is 10.1 Å². The number of hydrogen-bond donors (Lipinski definition) is 2. The topological polar surface area (TPSA) is 67.2 Å². The zero-order valence-electron chi connectivity index (χ0n) is 11.8. The number of nitro benzene ring substituents is 1. The standard InChI is InChI=1S/C15H16BrN3O2/c1-3-10-6-11(16)4-5-15(10)18-13-7-12(17-2)8-14(9-13)19(20)21/h4-9,17-18H,3H2,1-2H3. The van der Waals surface area contributed by atoms with Crippen LogP contribution >= 0.6 is 15.9 Å². The fourth-order valence-electron chi connectivity index (χ4n) is 2.07. The number of halogens is 1. The Morgan fingerprint density at radius 3 is 2.52 bits per heavy atom. The maximum atomic E-state index is 11.0. The van der Waals surface area contributed by atoms with E-state index in [1.54, 1.807) is 7.05 Å². The van der Waals surface area contributed by atoms with Crippen molar-refractivity contribution in [3.05, 3.63) is 56.5 Å². The Hall–Kier alpha value is -2.08. The summed E-state index contributed by atoms with van der Waals surface area (Å²) in [5, 5.41) is 17.2. The molecule has 2 N–H and O–H groups in total. The van der Waals surface area contributed by atoms with Gasteiger partial charge in [-0.2, -0.15) is 0 Å². The van der Waals surface area contributed by atoms with Crippen molar-refractivity contribution in [1.29, 1.82) is 0 Å². The first-order chi connectivity index (χ1) is 10.0. The van der Waals surface area contributed by atoms with Gasteiger partial charge in [-0.05, 0) is 36.2 Å². The highest BCUT2D eigenvalue weighted by molar-refractivity contribution is 9.10. The van der Waals surface area contributed by atoms with Gasteiger partial charge in [-0.15, -0.1) is 0 Å². The molecule has 0 saturated carbocycles. The highest BCUT2D eigenvalue weighted by Crippen LogP contribution is 2.29. The van der Waals surface area contributed by atoms with E-state index in [0.717, 1.165) is 22.1 Å². The third-order valence-corrected chi connectivity index (χ3v) is 3.64. The molecule has 0 aromatic heterocycles. The molecular weight excluding hydrogens is 334 g/mol. The van der Waals surface area contributed by atoms with Crippen molar-refractivity contribution in [2.75, 3.05) is 17.7 Å². The van der Waals surface area contributed by atoms with Crippen LogP contribution in [-0.4, -0.2) is 12.0 Å². The van der Waals surface area contributed by atoms with Gasteiger partial charge in [0.25, 0.3) is 5.69 Å². The Bertz CT molecular complexity index is 674. The highest BCUT2D eigenvalue weighted by Gasteiger charge is 2.10. The van der Waals surface area contributed by atoms with E-state index in [0.29, 0.717) is 11.4 Å². The van der Waals surface area contributed by atoms with Crippen LogP contribution in [0.4, 0.5) is 22.7 Å². The lowest BCUT2D eigenvalue weighted by molar-refractivity contribution is -0.384. The van der Waals surface area contributed by atoms with E-state index >= 15 is 0 Å². The van der Waals surface area contributed by atoms with Crippen molar-refractivity contribution in [3.63, 3.8) is 0 Å². The van der Waals surface area contributed by atoms with E-state index in [9.17, 15) is 10.1 Å². The van der Waals surface area contributed by atoms with Crippen molar-refractivity contribution >= 4 is 38.7 Å². The van der Waals surface area contributed by atoms with Crippen molar-refractivity contribution < 1.29 is 4.92 Å². The summed E-state index contributed by atoms with van der Waals surface area (Å²) in [7, 11) is 1.74. The molecule has 0 saturated heterocycles. The number of rotatable bonds is 5. The molecule has 0 unspecified atom stereocenters. The summed E-state index contributed by atoms with van der Waals surface area (Å²) in [5.41, 5.74) is 3.53. The largest absolute Gasteiger partial charge is 0.388 e. The van der Waals surface area contributed by atoms with E-state index in [2.05, 4.69) is 33.5 Å². The molecule has 2 aromatic rings. The van der Waals surface area contributed by atoms with Gasteiger partial charge in [0.2, 0.25) is 0 Å². The molecule has 0 heterocycles. The Morgan fingerprint density at radius 1 is 1.19 bits per heavy atom. The Morgan fingerprint density at radius 2 is 1.90 bits per heavy atom. The smallest absolute Gasteiger partial charge is 0.273 e. The fourth-order valence-corrected chi connectivity index (χ4v) is 2.47. The Kier molecular flexibility index (Phi) is 4.80. The van der Waals surface area contributed by atoms with Crippen LogP contribution in [0, 0.1) is 10.1 Å². The van der Waals surface area contributed by atoms with Gasteiger partial charge in [-0.1, -0.05) is 22.9 Å². The zero-order chi connectivity index (χ0) is 15.4. The molecule has 6 heteroatoms. The zero-order valence-corrected chi connectivity index (χ0v) is 13.4. The molecule has 110 valence electrons. The maximum absolute atomic E-state index is 11.0. The molecule has 0 fully saturated rings. The third-order valence-electron chi connectivity index (χ3n) is 3.14. The molecule has 0 aliphatic carbocycles. The minimum absolute atomic E-state index is 0.0551. The second-order valence-electron chi connectivity index (χ2n) is 4.56. The van der Waals surface area contributed by atoms with Crippen LogP contribution in [0.1, 0.15) is 12.5 Å². The van der Waals surface area contributed by atoms with Crippen LogP contribution in [0.3, 0.4) is 0 Å². The minimum Gasteiger partial charge on any atom is -0.388 e. The van der Waals surface area contributed by atoms with E-state index in [1.165, 1.54) is 12.1 Å². The molecule has 0 radical (unpaired) electrons. The maximum Gasteiger partial charge on any atom is 0.273 e. The first-order valence-corrected chi connectivity index (χ1v) is 7.35. The molecule has 21 heavy (non-hydrogen) atoms. The van der Waals surface area contributed by atoms with Crippen LogP contribution < -0.4 is 10.6 Å². The lowest BCUT2D eigenvalue weighted by Crippen LogP contribution is -1.98. The van der Waals surface area contributed by atoms with E-state index in [-0.39, 0.29) is 5.69 Å². The normalized spacial score (nSPS) is 10.2. The van der Waals surface area contributed by atoms with Gasteiger partial charge in [0.05, 0.1) is 4.92 Å². The molecule has 0 spiro atoms. The number of aryl methyl sites for hydroxylation is 1. The molecule has 0 aliphatic rings. The summed E-state index contributed by atoms with van der Waals surface area (Å²) in [6.45, 7) is 2.07. The van der Waals surface area contributed by atoms with Crippen LogP contribution in [0.15, 0.2) is 40.9 Å². The molecule has 0 aliphatic heterocycles. The van der Waals surface area contributed by atoms with E-state index in [4.69, 9.17) is 0 Å². The summed E-state index contributed by atoms with van der Waals surface area (Å²) >= 11 is 3.45. The summed E-state index contributed by atoms with van der Waals surface area (Å²) < 4.78 is 1.01. The van der Waals surface area contributed by atoms with E-state index < -0.39 is 4.92 Å². The second kappa shape index (κ2) is 6.58. The predicted molar refractivity (Wildman–Crippen MR) is 89.4 cm³/mol. The number of non-ortho nitro benzene ring substituents is 1. The highest BCUT2D eigenvalue weighted by atomic mass is 79.9. The molecule has 0 amide bonds. The SMILES string of the molecule is CCc1cc(Br)ccc1Nc1cc(NC)cc([N+](=O)[O-])c1. The van der Waals surface area contributed by atoms with Crippen molar-refractivity contribution in [2.24, 2.45) is 0 Å². The molecule has 2 rings (SSSR count). The van der Waals surface area contributed by atoms with Gasteiger partial charge >= 0.3 is 0 Å². The lowest BCUT2D eigenvalue weighted by atomic mass is 10.1. The van der Waals surface area contributed by atoms with Gasteiger partial charge in [0.1, 0.15) is 0 Å². The molecule has 2 aromatic carbocycles. The summed E-state index contributed by atoms with van der Waals surface area (Å²) in [6, 6.07) is 10.8. The number of hydrogen-bond acceptors (Lipinski definition) is 4. The van der Waals surface area contributed by atoms with Crippen LogP contribution in [0.25, 0.3) is 0 Å². The summed E-state index contributed by atoms with van der Waals surface area (Å²) in [6.07, 6.45) is 0.871. The van der Waals surface area contributed by atoms with Gasteiger partial charge in [0.15, 0.2) is 0 Å². The lowest BCUT2D eigenvalue weighted by Gasteiger charge is -2.12. The first kappa shape index (κ1) is 15.3. The quantitative estimate of drug-likeness (QED) is 0.606. The minimum atomic E-state index is -0.395. The Labute approximate surface area is 131 Å². The van der Waals surface area contributed by atoms with Crippen LogP contribution in [0.2, 0.25) is 0 Å². The average molecular weight is 350 g/mol. The van der Waals surface area contributed by atoms with E-state index in [1.807, 2.05) is 24.3 Å². The number of nitrogens with one attached hydrogen (secondary N) is 2. The van der Waals surface area contributed by atoms with Crippen LogP contribution in [-0.2, 0) is 6.42 Å². The Balaban J connectivity index is 2.39. The monoisotopic (exact) mass is 349 g/mol. The second-order valence-corrected chi connectivity index (χ2v) is 5.47. The van der Waals surface area contributed by atoms with Crippen molar-refractivity contribution in [2.45, 2.75) is 13.3 Å². The van der Waals surface area contributed by atoms with Crippen LogP contribution in [0.5, 0.6) is 0 Å². The first-order valence-electron chi connectivity index (χ1n) is 6.56. The number of nitrogens with zero attached hydrogens (tertiary/aromatic N) is 1. The van der Waals surface area contributed by atoms with Gasteiger partial charge < -0.3 is 10.6 Å². The molecular formula is C15H16BrN3O2.